The Morgan fingerprint density at radius 2 is 2.05 bits per heavy atom. The minimum atomic E-state index is -0.682. The minimum absolute atomic E-state index is 0.0670. The Kier molecular flexibility index (Phi) is 3.38. The molecule has 1 heterocycles. The van der Waals surface area contributed by atoms with E-state index < -0.39 is 11.8 Å². The van der Waals surface area contributed by atoms with Crippen LogP contribution in [0, 0.1) is 19.7 Å². The lowest BCUT2D eigenvalue weighted by molar-refractivity contribution is 0.0595. The summed E-state index contributed by atoms with van der Waals surface area (Å²) in [5.41, 5.74) is 2.58. The van der Waals surface area contributed by atoms with E-state index in [-0.39, 0.29) is 5.56 Å². The van der Waals surface area contributed by atoms with E-state index in [1.54, 1.807) is 23.9 Å². The van der Waals surface area contributed by atoms with E-state index in [1.165, 1.54) is 13.2 Å². The van der Waals surface area contributed by atoms with Gasteiger partial charge in [0, 0.05) is 23.9 Å². The van der Waals surface area contributed by atoms with Crippen molar-refractivity contribution < 1.29 is 13.9 Å². The summed E-state index contributed by atoms with van der Waals surface area (Å²) < 4.78 is 20.7. The molecule has 0 fully saturated rings. The topological polar surface area (TPSA) is 44.1 Å². The summed E-state index contributed by atoms with van der Waals surface area (Å²) in [6, 6.07) is 4.68. The molecule has 0 spiro atoms. The Bertz CT molecular complexity index is 647. The molecule has 0 aliphatic carbocycles. The molecule has 0 atom stereocenters. The number of carbonyl (C=O) groups is 1. The Labute approximate surface area is 110 Å². The van der Waals surface area contributed by atoms with E-state index >= 15 is 0 Å². The molecule has 0 aliphatic heterocycles. The number of benzene rings is 1. The summed E-state index contributed by atoms with van der Waals surface area (Å²) in [7, 11) is 3.03. The standard InChI is InChI=1S/C14H15FN2O2/c1-8-12(9(2)17(3)16-8)10-6-5-7-11(13(10)15)14(18)19-4/h5-7H,1-4H3. The lowest BCUT2D eigenvalue weighted by atomic mass is 10.0. The summed E-state index contributed by atoms with van der Waals surface area (Å²) in [6.45, 7) is 3.67. The fraction of sp³-hybridized carbons (Fsp3) is 0.286. The van der Waals surface area contributed by atoms with Crippen LogP contribution < -0.4 is 0 Å². The van der Waals surface area contributed by atoms with Gasteiger partial charge in [-0.3, -0.25) is 4.68 Å². The SMILES string of the molecule is COC(=O)c1cccc(-c2c(C)nn(C)c2C)c1F. The van der Waals surface area contributed by atoms with Crippen LogP contribution in [-0.2, 0) is 11.8 Å². The number of hydrogen-bond donors (Lipinski definition) is 0. The molecular weight excluding hydrogens is 247 g/mol. The number of rotatable bonds is 2. The number of esters is 1. The first-order chi connectivity index (χ1) is 8.97. The smallest absolute Gasteiger partial charge is 0.340 e. The number of carbonyl (C=O) groups excluding carboxylic acids is 1. The van der Waals surface area contributed by atoms with E-state index in [1.807, 2.05) is 13.8 Å². The van der Waals surface area contributed by atoms with Gasteiger partial charge in [-0.25, -0.2) is 9.18 Å². The normalized spacial score (nSPS) is 10.6. The van der Waals surface area contributed by atoms with Crippen LogP contribution in [-0.4, -0.2) is 22.9 Å². The van der Waals surface area contributed by atoms with Gasteiger partial charge in [-0.2, -0.15) is 5.10 Å². The largest absolute Gasteiger partial charge is 0.465 e. The predicted octanol–water partition coefficient (Wildman–Crippen LogP) is 2.63. The number of nitrogens with zero attached hydrogens (tertiary/aromatic N) is 2. The van der Waals surface area contributed by atoms with Crippen LogP contribution in [0.3, 0.4) is 0 Å². The van der Waals surface area contributed by atoms with Gasteiger partial charge in [-0.1, -0.05) is 12.1 Å². The van der Waals surface area contributed by atoms with Gasteiger partial charge < -0.3 is 4.74 Å². The highest BCUT2D eigenvalue weighted by atomic mass is 19.1. The third-order valence-electron chi connectivity index (χ3n) is 3.18. The molecule has 0 N–H and O–H groups in total. The first-order valence-corrected chi connectivity index (χ1v) is 5.84. The molecule has 2 rings (SSSR count). The second-order valence-corrected chi connectivity index (χ2v) is 4.33. The van der Waals surface area contributed by atoms with Crippen molar-refractivity contribution in [3.05, 3.63) is 41.0 Å². The maximum absolute atomic E-state index is 14.4. The molecule has 0 saturated heterocycles. The first kappa shape index (κ1) is 13.3. The fourth-order valence-corrected chi connectivity index (χ4v) is 2.16. The van der Waals surface area contributed by atoms with Crippen molar-refractivity contribution in [3.63, 3.8) is 0 Å². The highest BCUT2D eigenvalue weighted by molar-refractivity contribution is 5.91. The quantitative estimate of drug-likeness (QED) is 0.781. The zero-order valence-electron chi connectivity index (χ0n) is 11.3. The number of ether oxygens (including phenoxy) is 1. The molecule has 1 aromatic heterocycles. The molecule has 0 radical (unpaired) electrons. The molecule has 5 heteroatoms. The van der Waals surface area contributed by atoms with E-state index in [0.29, 0.717) is 11.1 Å². The van der Waals surface area contributed by atoms with Gasteiger partial charge in [0.15, 0.2) is 0 Å². The van der Waals surface area contributed by atoms with Gasteiger partial charge in [0.05, 0.1) is 18.4 Å². The Morgan fingerprint density at radius 3 is 2.58 bits per heavy atom. The van der Waals surface area contributed by atoms with Crippen molar-refractivity contribution in [3.8, 4) is 11.1 Å². The zero-order valence-corrected chi connectivity index (χ0v) is 11.3. The van der Waals surface area contributed by atoms with Gasteiger partial charge in [-0.15, -0.1) is 0 Å². The predicted molar refractivity (Wildman–Crippen MR) is 69.4 cm³/mol. The average Bonchev–Trinajstić information content (AvgIpc) is 2.63. The van der Waals surface area contributed by atoms with Gasteiger partial charge in [-0.05, 0) is 19.9 Å². The van der Waals surface area contributed by atoms with Crippen molar-refractivity contribution in [2.45, 2.75) is 13.8 Å². The van der Waals surface area contributed by atoms with Crippen LogP contribution in [0.25, 0.3) is 11.1 Å². The van der Waals surface area contributed by atoms with Crippen LogP contribution in [0.5, 0.6) is 0 Å². The third-order valence-corrected chi connectivity index (χ3v) is 3.18. The summed E-state index contributed by atoms with van der Waals surface area (Å²) in [5.74, 6) is -1.26. The average molecular weight is 262 g/mol. The number of methoxy groups -OCH3 is 1. The van der Waals surface area contributed by atoms with Crippen LogP contribution in [0.4, 0.5) is 4.39 Å². The molecule has 0 bridgehead atoms. The van der Waals surface area contributed by atoms with Crippen molar-refractivity contribution in [2.24, 2.45) is 7.05 Å². The van der Waals surface area contributed by atoms with Crippen molar-refractivity contribution in [1.29, 1.82) is 0 Å². The van der Waals surface area contributed by atoms with Crippen LogP contribution in [0.1, 0.15) is 21.7 Å². The number of aryl methyl sites for hydroxylation is 2. The molecule has 100 valence electrons. The van der Waals surface area contributed by atoms with E-state index in [2.05, 4.69) is 9.84 Å². The Morgan fingerprint density at radius 1 is 1.37 bits per heavy atom. The Balaban J connectivity index is 2.67. The maximum Gasteiger partial charge on any atom is 0.340 e. The highest BCUT2D eigenvalue weighted by Crippen LogP contribution is 2.30. The second kappa shape index (κ2) is 4.84. The van der Waals surface area contributed by atoms with E-state index in [0.717, 1.165) is 11.4 Å². The summed E-state index contributed by atoms with van der Waals surface area (Å²) in [4.78, 5) is 11.5. The van der Waals surface area contributed by atoms with Crippen molar-refractivity contribution >= 4 is 5.97 Å². The molecule has 4 nitrogen and oxygen atoms in total. The monoisotopic (exact) mass is 262 g/mol. The summed E-state index contributed by atoms with van der Waals surface area (Å²) >= 11 is 0. The van der Waals surface area contributed by atoms with Crippen molar-refractivity contribution in [2.75, 3.05) is 7.11 Å². The number of halogens is 1. The van der Waals surface area contributed by atoms with Gasteiger partial charge in [0.1, 0.15) is 5.82 Å². The maximum atomic E-state index is 14.4. The Hall–Kier alpha value is -2.17. The lowest BCUT2D eigenvalue weighted by Crippen LogP contribution is -2.05. The van der Waals surface area contributed by atoms with Crippen molar-refractivity contribution in [1.82, 2.24) is 9.78 Å². The number of aromatic nitrogens is 2. The van der Waals surface area contributed by atoms with Gasteiger partial charge >= 0.3 is 5.97 Å². The van der Waals surface area contributed by atoms with Crippen LogP contribution in [0.15, 0.2) is 18.2 Å². The molecule has 19 heavy (non-hydrogen) atoms. The molecular formula is C14H15FN2O2. The van der Waals surface area contributed by atoms with Crippen LogP contribution in [0.2, 0.25) is 0 Å². The third kappa shape index (κ3) is 2.12. The summed E-state index contributed by atoms with van der Waals surface area (Å²) in [5, 5.41) is 4.26. The molecule has 0 aliphatic rings. The van der Waals surface area contributed by atoms with Crippen LogP contribution >= 0.6 is 0 Å². The fourth-order valence-electron chi connectivity index (χ4n) is 2.16. The molecule has 0 saturated carbocycles. The molecule has 0 amide bonds. The highest BCUT2D eigenvalue weighted by Gasteiger charge is 2.20. The van der Waals surface area contributed by atoms with Gasteiger partial charge in [0.2, 0.25) is 0 Å². The number of hydrogen-bond acceptors (Lipinski definition) is 3. The van der Waals surface area contributed by atoms with E-state index in [4.69, 9.17) is 0 Å². The minimum Gasteiger partial charge on any atom is -0.465 e. The molecule has 2 aromatic rings. The zero-order chi connectivity index (χ0) is 14.2. The second-order valence-electron chi connectivity index (χ2n) is 4.33. The first-order valence-electron chi connectivity index (χ1n) is 5.84. The lowest BCUT2D eigenvalue weighted by Gasteiger charge is -2.07. The molecule has 1 aromatic carbocycles. The molecule has 0 unspecified atom stereocenters. The van der Waals surface area contributed by atoms with E-state index in [9.17, 15) is 9.18 Å². The van der Waals surface area contributed by atoms with Gasteiger partial charge in [0.25, 0.3) is 0 Å². The summed E-state index contributed by atoms with van der Waals surface area (Å²) in [6.07, 6.45) is 0.